The molecule has 3 heteroatoms. The number of methoxy groups -OCH3 is 1. The van der Waals surface area contributed by atoms with Gasteiger partial charge in [-0.1, -0.05) is 0 Å². The standard InChI is InChI=1S/C10H8O3/c1-13-7-2-3-8-6(4-7)5-9(8)10(11)12/h2-5H,1H3,(H,11,12). The van der Waals surface area contributed by atoms with E-state index in [1.807, 2.05) is 6.07 Å². The van der Waals surface area contributed by atoms with Gasteiger partial charge in [-0.15, -0.1) is 0 Å². The van der Waals surface area contributed by atoms with Crippen LogP contribution in [0.25, 0.3) is 11.6 Å². The van der Waals surface area contributed by atoms with Gasteiger partial charge in [0.1, 0.15) is 5.75 Å². The Bertz CT molecular complexity index is 405. The van der Waals surface area contributed by atoms with Crippen molar-refractivity contribution in [2.45, 2.75) is 0 Å². The van der Waals surface area contributed by atoms with Gasteiger partial charge >= 0.3 is 5.97 Å². The molecule has 1 N–H and O–H groups in total. The van der Waals surface area contributed by atoms with E-state index >= 15 is 0 Å². The summed E-state index contributed by atoms with van der Waals surface area (Å²) in [6, 6.07) is 5.34. The van der Waals surface area contributed by atoms with Crippen molar-refractivity contribution in [3.63, 3.8) is 0 Å². The Kier molecular flexibility index (Phi) is 1.59. The minimum atomic E-state index is -0.877. The van der Waals surface area contributed by atoms with Crippen molar-refractivity contribution in [2.75, 3.05) is 7.11 Å². The van der Waals surface area contributed by atoms with E-state index in [2.05, 4.69) is 0 Å². The molecule has 0 heterocycles. The minimum absolute atomic E-state index is 0.373. The molecule has 0 saturated heterocycles. The molecule has 1 aromatic carbocycles. The van der Waals surface area contributed by atoms with Crippen LogP contribution in [-0.2, 0) is 4.79 Å². The molecule has 0 aromatic heterocycles. The molecule has 0 saturated carbocycles. The number of fused-ring (bicyclic) bond motifs is 1. The van der Waals surface area contributed by atoms with Gasteiger partial charge in [0, 0.05) is 0 Å². The molecule has 0 amide bonds. The number of carbonyl (C=O) groups is 1. The van der Waals surface area contributed by atoms with Gasteiger partial charge in [-0.05, 0) is 35.4 Å². The maximum Gasteiger partial charge on any atom is 0.336 e. The van der Waals surface area contributed by atoms with Crippen LogP contribution in [0, 0.1) is 0 Å². The Morgan fingerprint density at radius 3 is 2.77 bits per heavy atom. The first-order valence-corrected chi connectivity index (χ1v) is 3.86. The average Bonchev–Trinajstić information content (AvgIpc) is 2.06. The fourth-order valence-electron chi connectivity index (χ4n) is 1.36. The quantitative estimate of drug-likeness (QED) is 0.745. The zero-order chi connectivity index (χ0) is 9.42. The highest BCUT2D eigenvalue weighted by atomic mass is 16.5. The summed E-state index contributed by atoms with van der Waals surface area (Å²) in [6.07, 6.45) is 1.64. The lowest BCUT2D eigenvalue weighted by Crippen LogP contribution is -2.08. The molecule has 0 aliphatic heterocycles. The maximum absolute atomic E-state index is 10.6. The Morgan fingerprint density at radius 1 is 1.46 bits per heavy atom. The Morgan fingerprint density at radius 2 is 2.23 bits per heavy atom. The van der Waals surface area contributed by atoms with Crippen LogP contribution in [0.15, 0.2) is 18.2 Å². The molecule has 3 nitrogen and oxygen atoms in total. The third kappa shape index (κ3) is 1.09. The number of carboxylic acid groups (broad SMARTS) is 1. The summed E-state index contributed by atoms with van der Waals surface area (Å²) >= 11 is 0. The molecule has 0 fully saturated rings. The Balaban J connectivity index is 2.37. The molecule has 2 rings (SSSR count). The van der Waals surface area contributed by atoms with Gasteiger partial charge in [-0.25, -0.2) is 4.79 Å². The smallest absolute Gasteiger partial charge is 0.336 e. The van der Waals surface area contributed by atoms with Crippen molar-refractivity contribution in [1.82, 2.24) is 0 Å². The lowest BCUT2D eigenvalue weighted by atomic mass is 9.88. The average molecular weight is 176 g/mol. The van der Waals surface area contributed by atoms with Gasteiger partial charge in [-0.3, -0.25) is 0 Å². The van der Waals surface area contributed by atoms with E-state index in [0.717, 1.165) is 16.9 Å². The van der Waals surface area contributed by atoms with E-state index in [9.17, 15) is 4.79 Å². The minimum Gasteiger partial charge on any atom is -0.497 e. The molecule has 13 heavy (non-hydrogen) atoms. The van der Waals surface area contributed by atoms with E-state index in [1.165, 1.54) is 0 Å². The molecule has 1 aliphatic rings. The molecule has 0 spiro atoms. The normalized spacial score (nSPS) is 12.5. The van der Waals surface area contributed by atoms with Crippen LogP contribution in [0.2, 0.25) is 0 Å². The first kappa shape index (κ1) is 7.86. The maximum atomic E-state index is 10.6. The summed E-state index contributed by atoms with van der Waals surface area (Å²) in [6.45, 7) is 0. The summed E-state index contributed by atoms with van der Waals surface area (Å²) < 4.78 is 5.00. The lowest BCUT2D eigenvalue weighted by Gasteiger charge is -2.16. The molecule has 0 unspecified atom stereocenters. The first-order chi connectivity index (χ1) is 6.22. The topological polar surface area (TPSA) is 46.5 Å². The predicted molar refractivity (Wildman–Crippen MR) is 48.5 cm³/mol. The summed E-state index contributed by atoms with van der Waals surface area (Å²) in [5.41, 5.74) is 2.09. The number of benzene rings is 1. The molecular formula is C10H8O3. The molecule has 1 aliphatic carbocycles. The highest BCUT2D eigenvalue weighted by Gasteiger charge is 2.21. The van der Waals surface area contributed by atoms with E-state index in [0.29, 0.717) is 5.57 Å². The molecule has 1 aromatic rings. The SMILES string of the molecule is COc1ccc2c(c1)C=C2C(=O)O. The van der Waals surface area contributed by atoms with Crippen molar-refractivity contribution in [1.29, 1.82) is 0 Å². The van der Waals surface area contributed by atoms with Gasteiger partial charge in [0.25, 0.3) is 0 Å². The number of carboxylic acids is 1. The second-order valence-corrected chi connectivity index (χ2v) is 2.82. The zero-order valence-electron chi connectivity index (χ0n) is 7.07. The summed E-state index contributed by atoms with van der Waals surface area (Å²) in [5.74, 6) is -0.128. The van der Waals surface area contributed by atoms with Gasteiger partial charge in [0.15, 0.2) is 0 Å². The number of rotatable bonds is 2. The largest absolute Gasteiger partial charge is 0.497 e. The summed E-state index contributed by atoms with van der Waals surface area (Å²) in [7, 11) is 1.59. The fourth-order valence-corrected chi connectivity index (χ4v) is 1.36. The molecule has 0 atom stereocenters. The first-order valence-electron chi connectivity index (χ1n) is 3.86. The van der Waals surface area contributed by atoms with Crippen molar-refractivity contribution < 1.29 is 14.6 Å². The van der Waals surface area contributed by atoms with Crippen molar-refractivity contribution in [3.05, 3.63) is 29.3 Å². The lowest BCUT2D eigenvalue weighted by molar-refractivity contribution is -0.130. The monoisotopic (exact) mass is 176 g/mol. The second kappa shape index (κ2) is 2.62. The van der Waals surface area contributed by atoms with Crippen molar-refractivity contribution >= 4 is 17.6 Å². The van der Waals surface area contributed by atoms with Crippen molar-refractivity contribution in [3.8, 4) is 5.75 Å². The molecule has 66 valence electrons. The molecular weight excluding hydrogens is 168 g/mol. The van der Waals surface area contributed by atoms with Crippen LogP contribution in [-0.4, -0.2) is 18.2 Å². The Hall–Kier alpha value is -1.77. The van der Waals surface area contributed by atoms with Crippen LogP contribution in [0.5, 0.6) is 5.75 Å². The van der Waals surface area contributed by atoms with Gasteiger partial charge in [0.2, 0.25) is 0 Å². The summed E-state index contributed by atoms with van der Waals surface area (Å²) in [5, 5.41) is 8.71. The number of hydrogen-bond donors (Lipinski definition) is 1. The van der Waals surface area contributed by atoms with E-state index in [1.54, 1.807) is 25.3 Å². The molecule has 0 bridgehead atoms. The van der Waals surface area contributed by atoms with Gasteiger partial charge < -0.3 is 9.84 Å². The van der Waals surface area contributed by atoms with Crippen LogP contribution < -0.4 is 4.74 Å². The third-order valence-electron chi connectivity index (χ3n) is 2.08. The van der Waals surface area contributed by atoms with Crippen molar-refractivity contribution in [2.24, 2.45) is 0 Å². The number of hydrogen-bond acceptors (Lipinski definition) is 2. The highest BCUT2D eigenvalue weighted by Crippen LogP contribution is 2.34. The van der Waals surface area contributed by atoms with Crippen LogP contribution >= 0.6 is 0 Å². The van der Waals surface area contributed by atoms with E-state index in [4.69, 9.17) is 9.84 Å². The number of aliphatic carboxylic acids is 1. The van der Waals surface area contributed by atoms with E-state index in [-0.39, 0.29) is 0 Å². The second-order valence-electron chi connectivity index (χ2n) is 2.82. The summed E-state index contributed by atoms with van der Waals surface area (Å²) in [4.78, 5) is 10.6. The molecule has 0 radical (unpaired) electrons. The zero-order valence-corrected chi connectivity index (χ0v) is 7.07. The highest BCUT2D eigenvalue weighted by molar-refractivity contribution is 6.26. The van der Waals surface area contributed by atoms with Crippen LogP contribution in [0.4, 0.5) is 0 Å². The fraction of sp³-hybridized carbons (Fsp3) is 0.100. The Labute approximate surface area is 75.3 Å². The van der Waals surface area contributed by atoms with E-state index < -0.39 is 5.97 Å². The predicted octanol–water partition coefficient (Wildman–Crippen LogP) is 1.63. The van der Waals surface area contributed by atoms with Gasteiger partial charge in [0.05, 0.1) is 12.7 Å². The number of ether oxygens (including phenoxy) is 1. The van der Waals surface area contributed by atoms with Crippen LogP contribution in [0.3, 0.4) is 0 Å². The van der Waals surface area contributed by atoms with Crippen LogP contribution in [0.1, 0.15) is 11.1 Å². The van der Waals surface area contributed by atoms with Gasteiger partial charge in [-0.2, -0.15) is 0 Å². The third-order valence-corrected chi connectivity index (χ3v) is 2.08.